The average Bonchev–Trinajstić information content (AvgIpc) is 2.99. The summed E-state index contributed by atoms with van der Waals surface area (Å²) in [5, 5.41) is 6.40. The van der Waals surface area contributed by atoms with Crippen LogP contribution >= 0.6 is 0 Å². The van der Waals surface area contributed by atoms with Gasteiger partial charge >= 0.3 is 12.1 Å². The lowest BCUT2D eigenvalue weighted by molar-refractivity contribution is 0.0463. The number of hydrogen-bond acceptors (Lipinski definition) is 7. The van der Waals surface area contributed by atoms with Crippen LogP contribution in [0.1, 0.15) is 68.7 Å². The highest BCUT2D eigenvalue weighted by atomic mass is 16.6. The summed E-state index contributed by atoms with van der Waals surface area (Å²) in [6, 6.07) is 24.1. The van der Waals surface area contributed by atoms with Crippen LogP contribution in [0.4, 0.5) is 16.3 Å². The smallest absolute Gasteiger partial charge is 0.407 e. The number of alkyl carbamates (subject to hydrolysis) is 1. The second-order valence-corrected chi connectivity index (χ2v) is 13.3. The minimum Gasteiger partial charge on any atom is -0.444 e. The van der Waals surface area contributed by atoms with E-state index in [-0.39, 0.29) is 11.5 Å². The molecule has 0 aliphatic rings. The average molecular weight is 621 g/mol. The summed E-state index contributed by atoms with van der Waals surface area (Å²) < 4.78 is 11.1. The second-order valence-electron chi connectivity index (χ2n) is 13.3. The first-order valence-corrected chi connectivity index (χ1v) is 15.4. The number of amides is 1. The van der Waals surface area contributed by atoms with Gasteiger partial charge in [0.2, 0.25) is 0 Å². The quantitative estimate of drug-likeness (QED) is 0.104. The van der Waals surface area contributed by atoms with Gasteiger partial charge in [-0.05, 0) is 87.9 Å². The molecule has 0 spiro atoms. The molecule has 8 heteroatoms. The molecule has 46 heavy (non-hydrogen) atoms. The van der Waals surface area contributed by atoms with E-state index in [1.54, 1.807) is 24.3 Å². The molecule has 4 rings (SSSR count). The Morgan fingerprint density at radius 2 is 1.54 bits per heavy atom. The molecule has 0 aliphatic heterocycles. The van der Waals surface area contributed by atoms with Gasteiger partial charge in [0.1, 0.15) is 17.2 Å². The van der Waals surface area contributed by atoms with Crippen LogP contribution in [0, 0.1) is 12.3 Å². The monoisotopic (exact) mass is 620 g/mol. The van der Waals surface area contributed by atoms with Crippen LogP contribution in [0.25, 0.3) is 11.4 Å². The zero-order valence-corrected chi connectivity index (χ0v) is 27.8. The standard InChI is InChI=1S/C38H44N4O4/c1-9-13-31-25(2)39-33(27-14-11-10-12-15-27)42-34(31)40-29-20-18-28(19-21-29)35(43)45-30-22-16-26(17-23-30)24-32(37(3,4)5)41-36(44)46-38(6,7)8/h9-12,14-23,32H,1,13,24H2,2-8H3,(H,41,44)(H,39,40,42)/t32-/m0/s1. The number of aryl methyl sites for hydroxylation is 1. The molecule has 0 radical (unpaired) electrons. The van der Waals surface area contributed by atoms with Crippen LogP contribution < -0.4 is 15.4 Å². The van der Waals surface area contributed by atoms with E-state index in [2.05, 4.69) is 38.0 Å². The maximum absolute atomic E-state index is 13.0. The van der Waals surface area contributed by atoms with Crippen LogP contribution in [0.2, 0.25) is 0 Å². The van der Waals surface area contributed by atoms with Crippen LogP contribution in [-0.2, 0) is 17.6 Å². The SMILES string of the molecule is C=CCc1c(C)nc(-c2ccccc2)nc1Nc1ccc(C(=O)Oc2ccc(C[C@H](NC(=O)OC(C)(C)C)C(C)(C)C)cc2)cc1. The first-order valence-electron chi connectivity index (χ1n) is 15.4. The molecule has 0 fully saturated rings. The Bertz CT molecular complexity index is 1650. The third kappa shape index (κ3) is 9.51. The molecule has 3 aromatic carbocycles. The zero-order chi connectivity index (χ0) is 33.5. The Morgan fingerprint density at radius 3 is 2.13 bits per heavy atom. The molecule has 1 atom stereocenters. The summed E-state index contributed by atoms with van der Waals surface area (Å²) in [6.45, 7) is 17.6. The van der Waals surface area contributed by atoms with Gasteiger partial charge in [-0.2, -0.15) is 0 Å². The molecule has 0 saturated heterocycles. The number of rotatable bonds is 10. The van der Waals surface area contributed by atoms with Crippen molar-refractivity contribution in [3.05, 3.63) is 114 Å². The van der Waals surface area contributed by atoms with Crippen LogP contribution in [0.3, 0.4) is 0 Å². The Hall–Kier alpha value is -4.98. The maximum Gasteiger partial charge on any atom is 0.407 e. The highest BCUT2D eigenvalue weighted by molar-refractivity contribution is 5.91. The lowest BCUT2D eigenvalue weighted by Gasteiger charge is -2.32. The minimum atomic E-state index is -0.577. The summed E-state index contributed by atoms with van der Waals surface area (Å²) in [6.07, 6.45) is 2.59. The van der Waals surface area contributed by atoms with Gasteiger partial charge in [-0.3, -0.25) is 0 Å². The van der Waals surface area contributed by atoms with Crippen molar-refractivity contribution < 1.29 is 19.1 Å². The van der Waals surface area contributed by atoms with Gasteiger partial charge in [-0.15, -0.1) is 6.58 Å². The third-order valence-corrected chi connectivity index (χ3v) is 7.29. The van der Waals surface area contributed by atoms with Crippen LogP contribution in [0.5, 0.6) is 5.75 Å². The maximum atomic E-state index is 13.0. The van der Waals surface area contributed by atoms with Crippen molar-refractivity contribution in [2.75, 3.05) is 5.32 Å². The number of aromatic nitrogens is 2. The van der Waals surface area contributed by atoms with Gasteiger partial charge in [0.15, 0.2) is 5.82 Å². The van der Waals surface area contributed by atoms with E-state index < -0.39 is 17.7 Å². The van der Waals surface area contributed by atoms with E-state index in [4.69, 9.17) is 19.4 Å². The van der Waals surface area contributed by atoms with E-state index in [0.717, 1.165) is 28.1 Å². The molecule has 0 aliphatic carbocycles. The van der Waals surface area contributed by atoms with Crippen molar-refractivity contribution in [1.82, 2.24) is 15.3 Å². The number of ether oxygens (including phenoxy) is 2. The first kappa shape index (κ1) is 33.9. The lowest BCUT2D eigenvalue weighted by Crippen LogP contribution is -2.47. The van der Waals surface area contributed by atoms with E-state index >= 15 is 0 Å². The number of nitrogens with one attached hydrogen (secondary N) is 2. The normalized spacial score (nSPS) is 12.2. The fraction of sp³-hybridized carbons (Fsp3) is 0.316. The summed E-state index contributed by atoms with van der Waals surface area (Å²) >= 11 is 0. The van der Waals surface area contributed by atoms with Crippen molar-refractivity contribution in [2.24, 2.45) is 5.41 Å². The Kier molecular flexibility index (Phi) is 10.6. The highest BCUT2D eigenvalue weighted by Gasteiger charge is 2.28. The first-order chi connectivity index (χ1) is 21.7. The molecule has 0 bridgehead atoms. The van der Waals surface area contributed by atoms with Crippen molar-refractivity contribution in [2.45, 2.75) is 73.0 Å². The number of esters is 1. The number of hydrogen-bond donors (Lipinski definition) is 2. The predicted molar refractivity (Wildman–Crippen MR) is 184 cm³/mol. The summed E-state index contributed by atoms with van der Waals surface area (Å²) in [7, 11) is 0. The van der Waals surface area contributed by atoms with Gasteiger partial charge in [0, 0.05) is 28.6 Å². The molecule has 1 amide bonds. The van der Waals surface area contributed by atoms with Gasteiger partial charge in [0.25, 0.3) is 0 Å². The Labute approximate surface area is 272 Å². The van der Waals surface area contributed by atoms with Crippen molar-refractivity contribution in [3.8, 4) is 17.1 Å². The van der Waals surface area contributed by atoms with Gasteiger partial charge in [-0.1, -0.05) is 69.3 Å². The largest absolute Gasteiger partial charge is 0.444 e. The van der Waals surface area contributed by atoms with Gasteiger partial charge < -0.3 is 20.1 Å². The van der Waals surface area contributed by atoms with Gasteiger partial charge in [-0.25, -0.2) is 19.6 Å². The van der Waals surface area contributed by atoms with E-state index in [0.29, 0.717) is 35.8 Å². The molecular weight excluding hydrogens is 576 g/mol. The Morgan fingerprint density at radius 1 is 0.891 bits per heavy atom. The number of anilines is 2. The molecule has 0 unspecified atom stereocenters. The Balaban J connectivity index is 1.42. The fourth-order valence-electron chi connectivity index (χ4n) is 4.75. The number of carbonyl (C=O) groups excluding carboxylic acids is 2. The molecule has 4 aromatic rings. The van der Waals surface area contributed by atoms with Gasteiger partial charge in [0.05, 0.1) is 5.56 Å². The summed E-state index contributed by atoms with van der Waals surface area (Å²) in [5.41, 5.74) is 4.16. The lowest BCUT2D eigenvalue weighted by atomic mass is 9.83. The summed E-state index contributed by atoms with van der Waals surface area (Å²) in [5.74, 6) is 1.29. The van der Waals surface area contributed by atoms with Crippen molar-refractivity contribution in [3.63, 3.8) is 0 Å². The van der Waals surface area contributed by atoms with Crippen molar-refractivity contribution >= 4 is 23.6 Å². The molecule has 1 heterocycles. The summed E-state index contributed by atoms with van der Waals surface area (Å²) in [4.78, 5) is 34.9. The van der Waals surface area contributed by atoms with Crippen LogP contribution in [0.15, 0.2) is 91.5 Å². The zero-order valence-electron chi connectivity index (χ0n) is 27.8. The molecule has 8 nitrogen and oxygen atoms in total. The number of nitrogens with zero attached hydrogens (tertiary/aromatic N) is 2. The topological polar surface area (TPSA) is 102 Å². The van der Waals surface area contributed by atoms with E-state index in [9.17, 15) is 9.59 Å². The second kappa shape index (κ2) is 14.4. The fourth-order valence-corrected chi connectivity index (χ4v) is 4.75. The van der Waals surface area contributed by atoms with Crippen molar-refractivity contribution in [1.29, 1.82) is 0 Å². The predicted octanol–water partition coefficient (Wildman–Crippen LogP) is 8.63. The molecular formula is C38H44N4O4. The molecule has 0 saturated carbocycles. The molecule has 240 valence electrons. The van der Waals surface area contributed by atoms with E-state index in [1.165, 1.54) is 0 Å². The number of carbonyl (C=O) groups is 2. The number of benzene rings is 3. The molecule has 2 N–H and O–H groups in total. The minimum absolute atomic E-state index is 0.160. The van der Waals surface area contributed by atoms with E-state index in [1.807, 2.05) is 88.4 Å². The molecule has 1 aromatic heterocycles. The third-order valence-electron chi connectivity index (χ3n) is 7.29. The van der Waals surface area contributed by atoms with Crippen LogP contribution in [-0.4, -0.2) is 33.7 Å². The number of allylic oxidation sites excluding steroid dienone is 1. The highest BCUT2D eigenvalue weighted by Crippen LogP contribution is 2.27.